The van der Waals surface area contributed by atoms with Crippen molar-refractivity contribution in [2.45, 2.75) is 103 Å². The second kappa shape index (κ2) is 11.9. The lowest BCUT2D eigenvalue weighted by atomic mass is 10.1. The van der Waals surface area contributed by atoms with E-state index in [9.17, 15) is 5.11 Å². The zero-order valence-electron chi connectivity index (χ0n) is 24.2. The predicted molar refractivity (Wildman–Crippen MR) is 154 cm³/mol. The standard InChI is InChI=1S/C29H46N4O4Si/c1-21(13-16-35-17-14-22(2)34)32-20-23(19-30-32)28-25-18-24(37-38(6,7)29(3,4)5)11-12-26(25)33(31-28)27-10-8-9-15-36-27/h11-12,18-22,27,34H,8-10,13-17H2,1-7H3/t21-,22-,27?/m1/s1. The fraction of sp³-hybridized carbons (Fsp3) is 0.655. The SMILES string of the molecule is C[C@H](CCOCC[C@@H](C)O)n1cc(-c2nn(C3CCCCO3)c3ccc(O[Si](C)(C)C(C)(C)C)cc23)cn1. The highest BCUT2D eigenvalue weighted by molar-refractivity contribution is 6.74. The number of aliphatic hydroxyl groups excluding tert-OH is 1. The van der Waals surface area contributed by atoms with Gasteiger partial charge in [0.15, 0.2) is 6.23 Å². The van der Waals surface area contributed by atoms with E-state index in [0.717, 1.165) is 60.2 Å². The van der Waals surface area contributed by atoms with Gasteiger partial charge in [-0.25, -0.2) is 4.68 Å². The molecular formula is C29H46N4O4Si. The van der Waals surface area contributed by atoms with Crippen LogP contribution in [-0.4, -0.2) is 58.9 Å². The van der Waals surface area contributed by atoms with Crippen molar-refractivity contribution in [2.75, 3.05) is 19.8 Å². The number of nitrogens with zero attached hydrogens (tertiary/aromatic N) is 4. The third kappa shape index (κ3) is 6.68. The molecule has 38 heavy (non-hydrogen) atoms. The molecule has 4 rings (SSSR count). The molecule has 0 saturated carbocycles. The lowest BCUT2D eigenvalue weighted by molar-refractivity contribution is -0.0365. The monoisotopic (exact) mass is 542 g/mol. The summed E-state index contributed by atoms with van der Waals surface area (Å²) in [6.45, 7) is 17.2. The Morgan fingerprint density at radius 1 is 1.16 bits per heavy atom. The molecule has 0 radical (unpaired) electrons. The second-order valence-corrected chi connectivity index (χ2v) is 17.0. The molecule has 1 fully saturated rings. The topological polar surface area (TPSA) is 83.6 Å². The smallest absolute Gasteiger partial charge is 0.250 e. The number of ether oxygens (including phenoxy) is 2. The average molecular weight is 543 g/mol. The van der Waals surface area contributed by atoms with E-state index in [1.165, 1.54) is 0 Å². The highest BCUT2D eigenvalue weighted by atomic mass is 28.4. The normalized spacial score (nSPS) is 18.6. The quantitative estimate of drug-likeness (QED) is 0.214. The van der Waals surface area contributed by atoms with E-state index in [4.69, 9.17) is 19.0 Å². The summed E-state index contributed by atoms with van der Waals surface area (Å²) < 4.78 is 22.5. The van der Waals surface area contributed by atoms with Crippen LogP contribution >= 0.6 is 0 Å². The molecule has 0 bridgehead atoms. The molecule has 1 aromatic carbocycles. The molecule has 0 spiro atoms. The van der Waals surface area contributed by atoms with Crippen molar-refractivity contribution >= 4 is 19.2 Å². The predicted octanol–water partition coefficient (Wildman–Crippen LogP) is 6.72. The third-order valence-corrected chi connectivity index (χ3v) is 12.3. The van der Waals surface area contributed by atoms with E-state index in [2.05, 4.69) is 75.0 Å². The van der Waals surface area contributed by atoms with Gasteiger partial charge in [0.2, 0.25) is 8.32 Å². The minimum Gasteiger partial charge on any atom is -0.543 e. The minimum atomic E-state index is -1.99. The summed E-state index contributed by atoms with van der Waals surface area (Å²) in [6.07, 6.45) is 8.29. The van der Waals surface area contributed by atoms with E-state index >= 15 is 0 Å². The van der Waals surface area contributed by atoms with Gasteiger partial charge in [-0.1, -0.05) is 20.8 Å². The summed E-state index contributed by atoms with van der Waals surface area (Å²) in [5, 5.41) is 20.3. The van der Waals surface area contributed by atoms with Crippen LogP contribution in [0.3, 0.4) is 0 Å². The first kappa shape index (κ1) is 28.8. The fourth-order valence-electron chi connectivity index (χ4n) is 4.42. The average Bonchev–Trinajstić information content (AvgIpc) is 3.48. The summed E-state index contributed by atoms with van der Waals surface area (Å²) >= 11 is 0. The number of aliphatic hydroxyl groups is 1. The van der Waals surface area contributed by atoms with Crippen LogP contribution in [0, 0.1) is 0 Å². The van der Waals surface area contributed by atoms with Crippen molar-refractivity contribution in [2.24, 2.45) is 0 Å². The molecule has 1 N–H and O–H groups in total. The van der Waals surface area contributed by atoms with Crippen LogP contribution < -0.4 is 4.43 Å². The molecule has 0 aliphatic carbocycles. The molecular weight excluding hydrogens is 496 g/mol. The van der Waals surface area contributed by atoms with E-state index < -0.39 is 8.32 Å². The first-order valence-corrected chi connectivity index (χ1v) is 17.0. The van der Waals surface area contributed by atoms with E-state index in [1.54, 1.807) is 6.92 Å². The molecule has 3 atom stereocenters. The maximum atomic E-state index is 9.40. The van der Waals surface area contributed by atoms with Gasteiger partial charge in [0, 0.05) is 37.0 Å². The molecule has 210 valence electrons. The van der Waals surface area contributed by atoms with Crippen molar-refractivity contribution in [3.8, 4) is 17.0 Å². The summed E-state index contributed by atoms with van der Waals surface area (Å²) in [4.78, 5) is 0. The van der Waals surface area contributed by atoms with Gasteiger partial charge in [0.05, 0.1) is 23.9 Å². The van der Waals surface area contributed by atoms with Gasteiger partial charge < -0.3 is 19.0 Å². The Morgan fingerprint density at radius 2 is 1.92 bits per heavy atom. The Bertz CT molecular complexity index is 1190. The maximum Gasteiger partial charge on any atom is 0.250 e. The van der Waals surface area contributed by atoms with Crippen LogP contribution in [0.4, 0.5) is 0 Å². The van der Waals surface area contributed by atoms with Gasteiger partial charge in [-0.2, -0.15) is 10.2 Å². The molecule has 0 amide bonds. The van der Waals surface area contributed by atoms with Gasteiger partial charge in [-0.15, -0.1) is 0 Å². The minimum absolute atomic E-state index is 0.0556. The van der Waals surface area contributed by atoms with E-state index in [0.29, 0.717) is 19.6 Å². The molecule has 3 heterocycles. The molecule has 3 aromatic rings. The van der Waals surface area contributed by atoms with Crippen LogP contribution in [0.15, 0.2) is 30.6 Å². The van der Waals surface area contributed by atoms with Crippen molar-refractivity contribution < 1.29 is 19.0 Å². The largest absolute Gasteiger partial charge is 0.543 e. The van der Waals surface area contributed by atoms with Gasteiger partial charge in [0.25, 0.3) is 0 Å². The number of rotatable bonds is 11. The van der Waals surface area contributed by atoms with Crippen LogP contribution in [0.2, 0.25) is 18.1 Å². The molecule has 1 aliphatic rings. The molecule has 8 nitrogen and oxygen atoms in total. The molecule has 1 unspecified atom stereocenters. The van der Waals surface area contributed by atoms with Crippen LogP contribution in [-0.2, 0) is 9.47 Å². The van der Waals surface area contributed by atoms with Crippen LogP contribution in [0.5, 0.6) is 5.75 Å². The Morgan fingerprint density at radius 3 is 2.61 bits per heavy atom. The first-order chi connectivity index (χ1) is 18.0. The number of hydrogen-bond acceptors (Lipinski definition) is 6. The highest BCUT2D eigenvalue weighted by Gasteiger charge is 2.39. The number of aromatic nitrogens is 4. The Kier molecular flexibility index (Phi) is 9.02. The van der Waals surface area contributed by atoms with Gasteiger partial charge in [-0.05, 0) is 82.3 Å². The Hall–Kier alpha value is -2.20. The summed E-state index contributed by atoms with van der Waals surface area (Å²) in [7, 11) is -1.99. The summed E-state index contributed by atoms with van der Waals surface area (Å²) in [5.41, 5.74) is 2.94. The molecule has 9 heteroatoms. The first-order valence-electron chi connectivity index (χ1n) is 14.1. The third-order valence-electron chi connectivity index (χ3n) is 7.97. The van der Waals surface area contributed by atoms with Crippen molar-refractivity contribution in [1.29, 1.82) is 0 Å². The fourth-order valence-corrected chi connectivity index (χ4v) is 5.45. The van der Waals surface area contributed by atoms with Gasteiger partial charge >= 0.3 is 0 Å². The van der Waals surface area contributed by atoms with Gasteiger partial charge in [-0.3, -0.25) is 4.68 Å². The molecule has 1 aliphatic heterocycles. The van der Waals surface area contributed by atoms with Crippen molar-refractivity contribution in [3.05, 3.63) is 30.6 Å². The van der Waals surface area contributed by atoms with Crippen molar-refractivity contribution in [1.82, 2.24) is 19.6 Å². The number of hydrogen-bond donors (Lipinski definition) is 1. The maximum absolute atomic E-state index is 9.40. The zero-order chi connectivity index (χ0) is 27.5. The number of fused-ring (bicyclic) bond motifs is 1. The van der Waals surface area contributed by atoms with E-state index in [1.807, 2.05) is 10.9 Å². The number of benzene rings is 1. The lowest BCUT2D eigenvalue weighted by Gasteiger charge is -2.36. The van der Waals surface area contributed by atoms with Crippen LogP contribution in [0.1, 0.15) is 79.0 Å². The summed E-state index contributed by atoms with van der Waals surface area (Å²) in [5.74, 6) is 0.893. The van der Waals surface area contributed by atoms with Crippen LogP contribution in [0.25, 0.3) is 22.2 Å². The molecule has 1 saturated heterocycles. The zero-order valence-corrected chi connectivity index (χ0v) is 25.2. The van der Waals surface area contributed by atoms with E-state index in [-0.39, 0.29) is 23.4 Å². The lowest BCUT2D eigenvalue weighted by Crippen LogP contribution is -2.43. The Balaban J connectivity index is 1.61. The Labute approximate surface area is 228 Å². The van der Waals surface area contributed by atoms with Crippen molar-refractivity contribution in [3.63, 3.8) is 0 Å². The molecule has 2 aromatic heterocycles. The second-order valence-electron chi connectivity index (χ2n) is 12.3. The summed E-state index contributed by atoms with van der Waals surface area (Å²) in [6, 6.07) is 6.54. The van der Waals surface area contributed by atoms with Gasteiger partial charge in [0.1, 0.15) is 11.4 Å². The highest BCUT2D eigenvalue weighted by Crippen LogP contribution is 2.40.